The Morgan fingerprint density at radius 3 is 2.76 bits per heavy atom. The number of nitrogens with zero attached hydrogens (tertiary/aromatic N) is 3. The summed E-state index contributed by atoms with van der Waals surface area (Å²) in [5.41, 5.74) is 4.39. The highest BCUT2D eigenvalue weighted by molar-refractivity contribution is 5.97. The van der Waals surface area contributed by atoms with Crippen LogP contribution in [0.2, 0.25) is 0 Å². The maximum Gasteiger partial charge on any atom is 0.267 e. The molecule has 2 aromatic rings. The molecule has 2 heterocycles. The monoisotopic (exact) mass is 343 g/mol. The summed E-state index contributed by atoms with van der Waals surface area (Å²) in [6, 6.07) is 3.54. The second-order valence-corrected chi connectivity index (χ2v) is 6.67. The van der Waals surface area contributed by atoms with E-state index in [0.717, 1.165) is 48.3 Å². The molecule has 3 rings (SSSR count). The molecule has 0 atom stereocenters. The molecule has 0 unspecified atom stereocenters. The molecule has 0 aromatic carbocycles. The van der Waals surface area contributed by atoms with Crippen LogP contribution in [-0.4, -0.2) is 33.8 Å². The average Bonchev–Trinajstić information content (AvgIpc) is 2.88. The first-order chi connectivity index (χ1) is 12.0. The maximum atomic E-state index is 12.8. The maximum absolute atomic E-state index is 12.8. The number of fused-ring (bicyclic) bond motifs is 1. The van der Waals surface area contributed by atoms with Crippen molar-refractivity contribution in [2.24, 2.45) is 0 Å². The molecule has 0 amide bonds. The van der Waals surface area contributed by atoms with Crippen LogP contribution < -0.4 is 5.56 Å². The van der Waals surface area contributed by atoms with E-state index >= 15 is 0 Å². The lowest BCUT2D eigenvalue weighted by atomic mass is 9.97. The Labute approximate surface area is 147 Å². The lowest BCUT2D eigenvalue weighted by Crippen LogP contribution is -2.29. The SMILES string of the molecule is COCCn1c(C)cc(C(=O)Cn2nc3c(cc2=O)CCCC3)c1C. The first-order valence-corrected chi connectivity index (χ1v) is 8.80. The predicted octanol–water partition coefficient (Wildman–Crippen LogP) is 2.07. The molecule has 0 radical (unpaired) electrons. The van der Waals surface area contributed by atoms with Crippen molar-refractivity contribution < 1.29 is 9.53 Å². The first kappa shape index (κ1) is 17.6. The molecular weight excluding hydrogens is 318 g/mol. The van der Waals surface area contributed by atoms with Crippen LogP contribution in [-0.2, 0) is 30.7 Å². The topological polar surface area (TPSA) is 66.1 Å². The summed E-state index contributed by atoms with van der Waals surface area (Å²) in [5.74, 6) is -0.0814. The number of ketones is 1. The number of ether oxygens (including phenoxy) is 1. The van der Waals surface area contributed by atoms with Crippen molar-refractivity contribution in [2.75, 3.05) is 13.7 Å². The van der Waals surface area contributed by atoms with Gasteiger partial charge in [0.25, 0.3) is 5.56 Å². The Morgan fingerprint density at radius 1 is 1.24 bits per heavy atom. The van der Waals surface area contributed by atoms with E-state index in [1.54, 1.807) is 13.2 Å². The normalized spacial score (nSPS) is 13.7. The Morgan fingerprint density at radius 2 is 2.00 bits per heavy atom. The zero-order valence-corrected chi connectivity index (χ0v) is 15.2. The molecule has 0 bridgehead atoms. The average molecular weight is 343 g/mol. The number of aryl methyl sites for hydroxylation is 3. The summed E-state index contributed by atoms with van der Waals surface area (Å²) in [5, 5.41) is 4.44. The molecule has 0 aliphatic heterocycles. The van der Waals surface area contributed by atoms with Gasteiger partial charge in [-0.2, -0.15) is 5.10 Å². The van der Waals surface area contributed by atoms with Crippen molar-refractivity contribution in [3.8, 4) is 0 Å². The van der Waals surface area contributed by atoms with Crippen molar-refractivity contribution in [1.29, 1.82) is 0 Å². The number of carbonyl (C=O) groups excluding carboxylic acids is 1. The van der Waals surface area contributed by atoms with Crippen molar-refractivity contribution >= 4 is 5.78 Å². The molecule has 25 heavy (non-hydrogen) atoms. The zero-order chi connectivity index (χ0) is 18.0. The van der Waals surface area contributed by atoms with Crippen molar-refractivity contribution in [3.05, 3.63) is 50.7 Å². The zero-order valence-electron chi connectivity index (χ0n) is 15.2. The van der Waals surface area contributed by atoms with Crippen molar-refractivity contribution in [3.63, 3.8) is 0 Å². The van der Waals surface area contributed by atoms with Crippen LogP contribution in [0.1, 0.15) is 45.8 Å². The number of carbonyl (C=O) groups is 1. The van der Waals surface area contributed by atoms with E-state index in [4.69, 9.17) is 4.74 Å². The van der Waals surface area contributed by atoms with Gasteiger partial charge in [-0.25, -0.2) is 4.68 Å². The van der Waals surface area contributed by atoms with Gasteiger partial charge in [0.2, 0.25) is 0 Å². The standard InChI is InChI=1S/C19H25N3O3/c1-13-10-16(14(2)21(13)8-9-25-3)18(23)12-22-19(24)11-15-6-4-5-7-17(15)20-22/h10-11H,4-9,12H2,1-3H3. The van der Waals surface area contributed by atoms with Gasteiger partial charge in [0.05, 0.1) is 12.3 Å². The molecule has 6 nitrogen and oxygen atoms in total. The largest absolute Gasteiger partial charge is 0.383 e. The highest BCUT2D eigenvalue weighted by atomic mass is 16.5. The molecule has 1 aliphatic rings. The van der Waals surface area contributed by atoms with E-state index in [0.29, 0.717) is 18.7 Å². The summed E-state index contributed by atoms with van der Waals surface area (Å²) in [6.45, 7) is 5.19. The summed E-state index contributed by atoms with van der Waals surface area (Å²) in [6.07, 6.45) is 3.99. The molecular formula is C19H25N3O3. The van der Waals surface area contributed by atoms with E-state index in [2.05, 4.69) is 9.67 Å². The van der Waals surface area contributed by atoms with Crippen LogP contribution in [0.5, 0.6) is 0 Å². The number of Topliss-reactive ketones (excluding diaryl/α,β-unsaturated/α-hetero) is 1. The molecule has 6 heteroatoms. The highest BCUT2D eigenvalue weighted by Crippen LogP contribution is 2.18. The van der Waals surface area contributed by atoms with E-state index in [1.807, 2.05) is 19.9 Å². The third-order valence-electron chi connectivity index (χ3n) is 4.96. The molecule has 0 saturated heterocycles. The van der Waals surface area contributed by atoms with Gasteiger partial charge in [0.15, 0.2) is 5.78 Å². The Balaban J connectivity index is 1.84. The van der Waals surface area contributed by atoms with Crippen LogP contribution in [0.25, 0.3) is 0 Å². The minimum atomic E-state index is -0.192. The summed E-state index contributed by atoms with van der Waals surface area (Å²) < 4.78 is 8.51. The third kappa shape index (κ3) is 3.58. The number of methoxy groups -OCH3 is 1. The van der Waals surface area contributed by atoms with Gasteiger partial charge in [-0.3, -0.25) is 9.59 Å². The predicted molar refractivity (Wildman–Crippen MR) is 95.3 cm³/mol. The van der Waals surface area contributed by atoms with Gasteiger partial charge in [0.1, 0.15) is 6.54 Å². The van der Waals surface area contributed by atoms with Crippen LogP contribution in [0.15, 0.2) is 16.9 Å². The number of hydrogen-bond donors (Lipinski definition) is 0. The molecule has 2 aromatic heterocycles. The molecule has 0 saturated carbocycles. The molecule has 1 aliphatic carbocycles. The number of aromatic nitrogens is 3. The fourth-order valence-electron chi connectivity index (χ4n) is 3.55. The number of rotatable bonds is 6. The van der Waals surface area contributed by atoms with Crippen molar-refractivity contribution in [2.45, 2.75) is 52.6 Å². The third-order valence-corrected chi connectivity index (χ3v) is 4.96. The fraction of sp³-hybridized carbons (Fsp3) is 0.526. The van der Waals surface area contributed by atoms with Crippen LogP contribution in [0, 0.1) is 13.8 Å². The second-order valence-electron chi connectivity index (χ2n) is 6.67. The Bertz CT molecular complexity index is 848. The molecule has 0 spiro atoms. The van der Waals surface area contributed by atoms with Crippen LogP contribution in [0.4, 0.5) is 0 Å². The van der Waals surface area contributed by atoms with Crippen LogP contribution >= 0.6 is 0 Å². The van der Waals surface area contributed by atoms with E-state index in [-0.39, 0.29) is 17.9 Å². The first-order valence-electron chi connectivity index (χ1n) is 8.80. The summed E-state index contributed by atoms with van der Waals surface area (Å²) in [4.78, 5) is 25.0. The van der Waals surface area contributed by atoms with Gasteiger partial charge in [-0.05, 0) is 51.2 Å². The lowest BCUT2D eigenvalue weighted by Gasteiger charge is -2.15. The molecule has 134 valence electrons. The van der Waals surface area contributed by atoms with E-state index in [1.165, 1.54) is 4.68 Å². The summed E-state index contributed by atoms with van der Waals surface area (Å²) >= 11 is 0. The second kappa shape index (κ2) is 7.35. The van der Waals surface area contributed by atoms with Gasteiger partial charge >= 0.3 is 0 Å². The minimum Gasteiger partial charge on any atom is -0.383 e. The Kier molecular flexibility index (Phi) is 5.18. The van der Waals surface area contributed by atoms with Gasteiger partial charge in [-0.1, -0.05) is 0 Å². The Hall–Kier alpha value is -2.21. The van der Waals surface area contributed by atoms with Gasteiger partial charge in [-0.15, -0.1) is 0 Å². The number of hydrogen-bond acceptors (Lipinski definition) is 4. The van der Waals surface area contributed by atoms with Crippen LogP contribution in [0.3, 0.4) is 0 Å². The van der Waals surface area contributed by atoms with E-state index < -0.39 is 0 Å². The fourth-order valence-corrected chi connectivity index (χ4v) is 3.55. The summed E-state index contributed by atoms with van der Waals surface area (Å²) in [7, 11) is 1.66. The minimum absolute atomic E-state index is 0.0132. The van der Waals surface area contributed by atoms with Gasteiger partial charge < -0.3 is 9.30 Å². The van der Waals surface area contributed by atoms with Gasteiger partial charge in [0, 0.05) is 36.7 Å². The quantitative estimate of drug-likeness (QED) is 0.753. The van der Waals surface area contributed by atoms with E-state index in [9.17, 15) is 9.59 Å². The van der Waals surface area contributed by atoms with Crippen molar-refractivity contribution in [1.82, 2.24) is 14.3 Å². The molecule has 0 fully saturated rings. The highest BCUT2D eigenvalue weighted by Gasteiger charge is 2.19. The smallest absolute Gasteiger partial charge is 0.267 e. The lowest BCUT2D eigenvalue weighted by molar-refractivity contribution is 0.0964. The molecule has 0 N–H and O–H groups in total.